The zero-order chi connectivity index (χ0) is 18.4. The third-order valence-corrected chi connectivity index (χ3v) is 3.94. The molecule has 0 radical (unpaired) electrons. The first kappa shape index (κ1) is 17.0. The minimum absolute atomic E-state index is 0.0418. The van der Waals surface area contributed by atoms with Crippen molar-refractivity contribution in [2.45, 2.75) is 32.1 Å². The lowest BCUT2D eigenvalue weighted by atomic mass is 10.1. The number of hydrogen-bond donors (Lipinski definition) is 1. The molecule has 0 aliphatic carbocycles. The second kappa shape index (κ2) is 5.90. The van der Waals surface area contributed by atoms with Crippen molar-refractivity contribution in [3.8, 4) is 0 Å². The first-order chi connectivity index (χ1) is 11.7. The van der Waals surface area contributed by atoms with Crippen molar-refractivity contribution in [1.29, 1.82) is 0 Å². The van der Waals surface area contributed by atoms with Crippen LogP contribution in [0.4, 0.5) is 19.0 Å². The van der Waals surface area contributed by atoms with Gasteiger partial charge >= 0.3 is 12.1 Å². The maximum absolute atomic E-state index is 13.2. The molecule has 1 N–H and O–H groups in total. The van der Waals surface area contributed by atoms with Gasteiger partial charge in [-0.2, -0.15) is 23.4 Å². The summed E-state index contributed by atoms with van der Waals surface area (Å²) in [5, 5.41) is 16.7. The molecule has 2 aromatic heterocycles. The molecule has 1 atom stereocenters. The van der Waals surface area contributed by atoms with E-state index in [-0.39, 0.29) is 24.5 Å². The van der Waals surface area contributed by atoms with Crippen LogP contribution in [0.15, 0.2) is 18.3 Å². The number of aryl methyl sites for hydroxylation is 1. The molecule has 1 amide bonds. The minimum Gasteiger partial charge on any atom is -0.477 e. The zero-order valence-electron chi connectivity index (χ0n) is 13.1. The number of aromatic carboxylic acids is 1. The molecule has 0 aromatic carbocycles. The standard InChI is InChI=1S/C14H14F3N5O3/c1-8-6-11-20(5-3-10(14(15,16)17)22(11)19-8)12(23)7-21-9(13(24)25)2-4-18-21/h2,4,6,10H,3,5,7H2,1H3,(H,24,25). The molecule has 0 bridgehead atoms. The van der Waals surface area contributed by atoms with Crippen molar-refractivity contribution in [2.75, 3.05) is 11.4 Å². The average Bonchev–Trinajstić information content (AvgIpc) is 3.10. The number of amides is 1. The highest BCUT2D eigenvalue weighted by atomic mass is 19.4. The van der Waals surface area contributed by atoms with E-state index in [0.717, 1.165) is 9.36 Å². The molecule has 8 nitrogen and oxygen atoms in total. The predicted molar refractivity (Wildman–Crippen MR) is 78.2 cm³/mol. The van der Waals surface area contributed by atoms with Gasteiger partial charge in [-0.15, -0.1) is 0 Å². The van der Waals surface area contributed by atoms with Gasteiger partial charge in [-0.25, -0.2) is 14.2 Å². The summed E-state index contributed by atoms with van der Waals surface area (Å²) >= 11 is 0. The first-order valence-electron chi connectivity index (χ1n) is 7.37. The molecule has 3 rings (SSSR count). The molecule has 0 spiro atoms. The smallest absolute Gasteiger partial charge is 0.410 e. The van der Waals surface area contributed by atoms with E-state index < -0.39 is 30.6 Å². The fraction of sp³-hybridized carbons (Fsp3) is 0.429. The molecule has 134 valence electrons. The Hall–Kier alpha value is -2.85. The molecular weight excluding hydrogens is 343 g/mol. The van der Waals surface area contributed by atoms with E-state index in [2.05, 4.69) is 10.2 Å². The van der Waals surface area contributed by atoms with Gasteiger partial charge in [0.2, 0.25) is 5.91 Å². The van der Waals surface area contributed by atoms with E-state index in [1.165, 1.54) is 30.2 Å². The largest absolute Gasteiger partial charge is 0.477 e. The Morgan fingerprint density at radius 2 is 2.12 bits per heavy atom. The summed E-state index contributed by atoms with van der Waals surface area (Å²) in [6.07, 6.45) is -3.56. The average molecular weight is 357 g/mol. The molecule has 1 aliphatic rings. The van der Waals surface area contributed by atoms with Crippen LogP contribution in [0.1, 0.15) is 28.6 Å². The van der Waals surface area contributed by atoms with Crippen LogP contribution in [-0.2, 0) is 11.3 Å². The Bertz CT molecular complexity index is 826. The lowest BCUT2D eigenvalue weighted by molar-refractivity contribution is -0.173. The van der Waals surface area contributed by atoms with Gasteiger partial charge in [0.15, 0.2) is 6.04 Å². The van der Waals surface area contributed by atoms with Crippen LogP contribution in [0, 0.1) is 6.92 Å². The van der Waals surface area contributed by atoms with Crippen LogP contribution in [0.25, 0.3) is 0 Å². The van der Waals surface area contributed by atoms with Crippen LogP contribution >= 0.6 is 0 Å². The van der Waals surface area contributed by atoms with Gasteiger partial charge in [-0.3, -0.25) is 9.69 Å². The number of aromatic nitrogens is 4. The normalized spacial score (nSPS) is 17.4. The van der Waals surface area contributed by atoms with Gasteiger partial charge in [0, 0.05) is 18.8 Å². The van der Waals surface area contributed by atoms with Crippen molar-refractivity contribution < 1.29 is 27.9 Å². The van der Waals surface area contributed by atoms with Crippen LogP contribution in [0.3, 0.4) is 0 Å². The number of hydrogen-bond acceptors (Lipinski definition) is 4. The summed E-state index contributed by atoms with van der Waals surface area (Å²) < 4.78 is 41.3. The van der Waals surface area contributed by atoms with Gasteiger partial charge in [-0.1, -0.05) is 0 Å². The number of alkyl halides is 3. The Labute approximate surface area is 139 Å². The van der Waals surface area contributed by atoms with E-state index in [0.29, 0.717) is 5.69 Å². The maximum Gasteiger partial charge on any atom is 0.410 e. The number of fused-ring (bicyclic) bond motifs is 1. The van der Waals surface area contributed by atoms with E-state index in [1.54, 1.807) is 0 Å². The van der Waals surface area contributed by atoms with Gasteiger partial charge in [-0.05, 0) is 19.4 Å². The third kappa shape index (κ3) is 3.08. The molecule has 11 heteroatoms. The Morgan fingerprint density at radius 1 is 1.40 bits per heavy atom. The molecule has 25 heavy (non-hydrogen) atoms. The van der Waals surface area contributed by atoms with Crippen LogP contribution in [0.5, 0.6) is 0 Å². The van der Waals surface area contributed by atoms with E-state index in [1.807, 2.05) is 0 Å². The summed E-state index contributed by atoms with van der Waals surface area (Å²) in [5.41, 5.74) is 0.178. The summed E-state index contributed by atoms with van der Waals surface area (Å²) in [4.78, 5) is 24.8. The van der Waals surface area contributed by atoms with Crippen LogP contribution < -0.4 is 4.90 Å². The molecule has 2 aromatic rings. The van der Waals surface area contributed by atoms with E-state index in [9.17, 15) is 22.8 Å². The number of carbonyl (C=O) groups excluding carboxylic acids is 1. The number of carboxylic acid groups (broad SMARTS) is 1. The topological polar surface area (TPSA) is 93.3 Å². The van der Waals surface area contributed by atoms with Crippen LogP contribution in [-0.4, -0.2) is 49.3 Å². The van der Waals surface area contributed by atoms with Crippen LogP contribution in [0.2, 0.25) is 0 Å². The molecule has 1 unspecified atom stereocenters. The Morgan fingerprint density at radius 3 is 2.76 bits per heavy atom. The van der Waals surface area contributed by atoms with E-state index >= 15 is 0 Å². The second-order valence-corrected chi connectivity index (χ2v) is 5.66. The quantitative estimate of drug-likeness (QED) is 0.901. The highest BCUT2D eigenvalue weighted by molar-refractivity contribution is 5.93. The highest BCUT2D eigenvalue weighted by Gasteiger charge is 2.46. The van der Waals surface area contributed by atoms with Gasteiger partial charge in [0.25, 0.3) is 0 Å². The number of carbonyl (C=O) groups is 2. The molecule has 1 aliphatic heterocycles. The Balaban J connectivity index is 1.89. The second-order valence-electron chi connectivity index (χ2n) is 5.66. The number of nitrogens with zero attached hydrogens (tertiary/aromatic N) is 5. The summed E-state index contributed by atoms with van der Waals surface area (Å²) in [7, 11) is 0. The molecular formula is C14H14F3N5O3. The van der Waals surface area contributed by atoms with E-state index in [4.69, 9.17) is 5.11 Å². The van der Waals surface area contributed by atoms with Gasteiger partial charge < -0.3 is 5.11 Å². The number of halogens is 3. The van der Waals surface area contributed by atoms with Gasteiger partial charge in [0.05, 0.1) is 5.69 Å². The fourth-order valence-corrected chi connectivity index (χ4v) is 2.83. The maximum atomic E-state index is 13.2. The molecule has 3 heterocycles. The number of rotatable bonds is 3. The fourth-order valence-electron chi connectivity index (χ4n) is 2.83. The number of anilines is 1. The van der Waals surface area contributed by atoms with Crippen molar-refractivity contribution in [3.05, 3.63) is 29.7 Å². The molecule has 0 saturated carbocycles. The lowest BCUT2D eigenvalue weighted by Gasteiger charge is -2.33. The summed E-state index contributed by atoms with van der Waals surface area (Å²) in [6.45, 7) is 1.00. The van der Waals surface area contributed by atoms with Crippen molar-refractivity contribution in [3.63, 3.8) is 0 Å². The van der Waals surface area contributed by atoms with Crippen molar-refractivity contribution >= 4 is 17.7 Å². The molecule has 0 saturated heterocycles. The highest BCUT2D eigenvalue weighted by Crippen LogP contribution is 2.39. The minimum atomic E-state index is -4.47. The monoisotopic (exact) mass is 357 g/mol. The Kier molecular flexibility index (Phi) is 4.01. The lowest BCUT2D eigenvalue weighted by Crippen LogP contribution is -2.44. The SMILES string of the molecule is Cc1cc2n(n1)C(C(F)(F)F)CCN2C(=O)Cn1nccc1C(=O)O. The van der Waals surface area contributed by atoms with Crippen molar-refractivity contribution in [2.24, 2.45) is 0 Å². The molecule has 0 fully saturated rings. The van der Waals surface area contributed by atoms with Gasteiger partial charge in [0.1, 0.15) is 18.1 Å². The summed E-state index contributed by atoms with van der Waals surface area (Å²) in [5.74, 6) is -1.77. The van der Waals surface area contributed by atoms with Crippen molar-refractivity contribution in [1.82, 2.24) is 19.6 Å². The first-order valence-corrected chi connectivity index (χ1v) is 7.37. The predicted octanol–water partition coefficient (Wildman–Crippen LogP) is 1.63. The number of carboxylic acids is 1. The third-order valence-electron chi connectivity index (χ3n) is 3.94. The summed E-state index contributed by atoms with van der Waals surface area (Å²) in [6, 6.07) is 0.844. The zero-order valence-corrected chi connectivity index (χ0v) is 13.1.